The van der Waals surface area contributed by atoms with Gasteiger partial charge in [-0.2, -0.15) is 11.8 Å². The number of amides is 1. The van der Waals surface area contributed by atoms with Gasteiger partial charge in [0.2, 0.25) is 5.91 Å². The van der Waals surface area contributed by atoms with Crippen molar-refractivity contribution in [2.45, 2.75) is 55.4 Å². The standard InChI is InChI=1S/C12H20N2OS/c1-16-10-4-2-3-9(7-10)14-8-13-12(5-6-12)11(14)15/h9-10,13H,2-8H2,1H3. The summed E-state index contributed by atoms with van der Waals surface area (Å²) in [6.07, 6.45) is 9.33. The summed E-state index contributed by atoms with van der Waals surface area (Å²) < 4.78 is 0. The average molecular weight is 240 g/mol. The van der Waals surface area contributed by atoms with Gasteiger partial charge in [-0.3, -0.25) is 10.1 Å². The van der Waals surface area contributed by atoms with E-state index in [4.69, 9.17) is 0 Å². The second kappa shape index (κ2) is 3.91. The van der Waals surface area contributed by atoms with Crippen molar-refractivity contribution in [1.29, 1.82) is 0 Å². The van der Waals surface area contributed by atoms with Gasteiger partial charge in [0.25, 0.3) is 0 Å². The Kier molecular flexibility index (Phi) is 2.67. The lowest BCUT2D eigenvalue weighted by Crippen LogP contribution is -2.42. The molecule has 2 unspecified atom stereocenters. The van der Waals surface area contributed by atoms with E-state index in [0.717, 1.165) is 24.8 Å². The molecule has 1 heterocycles. The lowest BCUT2D eigenvalue weighted by Gasteiger charge is -2.34. The van der Waals surface area contributed by atoms with Crippen LogP contribution in [0.15, 0.2) is 0 Å². The molecule has 0 aromatic carbocycles. The highest BCUT2D eigenvalue weighted by Gasteiger charge is 2.56. The number of nitrogens with zero attached hydrogens (tertiary/aromatic N) is 1. The molecule has 0 aromatic heterocycles. The summed E-state index contributed by atoms with van der Waals surface area (Å²) in [7, 11) is 0. The van der Waals surface area contributed by atoms with Crippen molar-refractivity contribution in [3.8, 4) is 0 Å². The summed E-state index contributed by atoms with van der Waals surface area (Å²) in [5.41, 5.74) is -0.105. The fourth-order valence-corrected chi connectivity index (χ4v) is 3.90. The minimum Gasteiger partial charge on any atom is -0.325 e. The van der Waals surface area contributed by atoms with Crippen LogP contribution in [0.1, 0.15) is 38.5 Å². The Morgan fingerprint density at radius 3 is 2.88 bits per heavy atom. The van der Waals surface area contributed by atoms with E-state index in [9.17, 15) is 4.79 Å². The maximum Gasteiger partial charge on any atom is 0.244 e. The van der Waals surface area contributed by atoms with Crippen LogP contribution in [0.25, 0.3) is 0 Å². The third-order valence-electron chi connectivity index (χ3n) is 4.38. The van der Waals surface area contributed by atoms with Crippen molar-refractivity contribution >= 4 is 17.7 Å². The van der Waals surface area contributed by atoms with Gasteiger partial charge >= 0.3 is 0 Å². The average Bonchev–Trinajstić information content (AvgIpc) is 3.03. The first-order chi connectivity index (χ1) is 7.75. The van der Waals surface area contributed by atoms with Gasteiger partial charge in [-0.25, -0.2) is 0 Å². The summed E-state index contributed by atoms with van der Waals surface area (Å²) in [6, 6.07) is 0.506. The summed E-state index contributed by atoms with van der Waals surface area (Å²) in [5, 5.41) is 4.17. The third-order valence-corrected chi connectivity index (χ3v) is 5.48. The highest BCUT2D eigenvalue weighted by Crippen LogP contribution is 2.42. The number of hydrogen-bond donors (Lipinski definition) is 1. The maximum absolute atomic E-state index is 12.2. The molecule has 0 radical (unpaired) electrons. The van der Waals surface area contributed by atoms with Gasteiger partial charge in [0.05, 0.1) is 12.2 Å². The van der Waals surface area contributed by atoms with Gasteiger partial charge in [-0.15, -0.1) is 0 Å². The molecule has 2 aliphatic carbocycles. The van der Waals surface area contributed by atoms with E-state index in [-0.39, 0.29) is 5.54 Å². The third kappa shape index (κ3) is 1.66. The van der Waals surface area contributed by atoms with Gasteiger partial charge in [-0.1, -0.05) is 6.42 Å². The Balaban J connectivity index is 1.66. The van der Waals surface area contributed by atoms with Crippen molar-refractivity contribution < 1.29 is 4.79 Å². The number of carbonyl (C=O) groups is 1. The zero-order valence-corrected chi connectivity index (χ0v) is 10.7. The molecule has 3 aliphatic rings. The van der Waals surface area contributed by atoms with Crippen molar-refractivity contribution in [1.82, 2.24) is 10.2 Å². The number of carbonyl (C=O) groups excluding carboxylic acids is 1. The molecule has 3 rings (SSSR count). The molecule has 3 fully saturated rings. The maximum atomic E-state index is 12.2. The lowest BCUT2D eigenvalue weighted by atomic mass is 9.93. The highest BCUT2D eigenvalue weighted by molar-refractivity contribution is 7.99. The van der Waals surface area contributed by atoms with Crippen LogP contribution in [-0.4, -0.2) is 40.6 Å². The molecule has 1 aliphatic heterocycles. The summed E-state index contributed by atoms with van der Waals surface area (Å²) in [6.45, 7) is 0.796. The fraction of sp³-hybridized carbons (Fsp3) is 0.917. The van der Waals surface area contributed by atoms with Crippen LogP contribution < -0.4 is 5.32 Å². The molecule has 90 valence electrons. The molecule has 2 atom stereocenters. The molecule has 0 bridgehead atoms. The predicted molar refractivity (Wildman–Crippen MR) is 66.4 cm³/mol. The predicted octanol–water partition coefficient (Wildman–Crippen LogP) is 1.58. The van der Waals surface area contributed by atoms with Crippen LogP contribution in [0.2, 0.25) is 0 Å². The quantitative estimate of drug-likeness (QED) is 0.795. The summed E-state index contributed by atoms with van der Waals surface area (Å²) in [5.74, 6) is 0.388. The monoisotopic (exact) mass is 240 g/mol. The molecule has 16 heavy (non-hydrogen) atoms. The molecule has 4 heteroatoms. The highest BCUT2D eigenvalue weighted by atomic mass is 32.2. The van der Waals surface area contributed by atoms with Crippen LogP contribution in [0.5, 0.6) is 0 Å². The molecule has 2 saturated carbocycles. The molecule has 1 N–H and O–H groups in total. The molecular weight excluding hydrogens is 220 g/mol. The van der Waals surface area contributed by atoms with E-state index in [1.54, 1.807) is 0 Å². The first-order valence-corrected chi connectivity index (χ1v) is 7.63. The molecule has 1 saturated heterocycles. The second-order valence-corrected chi connectivity index (χ2v) is 6.51. The van der Waals surface area contributed by atoms with E-state index in [1.807, 2.05) is 11.8 Å². The second-order valence-electron chi connectivity index (χ2n) is 5.37. The number of nitrogens with one attached hydrogen (secondary N) is 1. The van der Waals surface area contributed by atoms with Gasteiger partial charge in [-0.05, 0) is 38.4 Å². The molecular formula is C12H20N2OS. The van der Waals surface area contributed by atoms with E-state index in [1.165, 1.54) is 25.7 Å². The SMILES string of the molecule is CSC1CCCC(N2CNC3(CC3)C2=O)C1. The zero-order chi connectivity index (χ0) is 11.2. The topological polar surface area (TPSA) is 32.3 Å². The fourth-order valence-electron chi connectivity index (χ4n) is 3.09. The smallest absolute Gasteiger partial charge is 0.244 e. The minimum atomic E-state index is -0.105. The Morgan fingerprint density at radius 1 is 1.44 bits per heavy atom. The number of rotatable bonds is 2. The Labute approximate surface area is 101 Å². The van der Waals surface area contributed by atoms with E-state index >= 15 is 0 Å². The number of hydrogen-bond acceptors (Lipinski definition) is 3. The van der Waals surface area contributed by atoms with Crippen LogP contribution in [-0.2, 0) is 4.79 Å². The Bertz CT molecular complexity index is 303. The van der Waals surface area contributed by atoms with Crippen LogP contribution >= 0.6 is 11.8 Å². The van der Waals surface area contributed by atoms with Crippen molar-refractivity contribution in [3.05, 3.63) is 0 Å². The summed E-state index contributed by atoms with van der Waals surface area (Å²) in [4.78, 5) is 14.4. The number of thioether (sulfide) groups is 1. The Morgan fingerprint density at radius 2 is 2.25 bits per heavy atom. The van der Waals surface area contributed by atoms with Crippen LogP contribution in [0.3, 0.4) is 0 Å². The molecule has 0 aromatic rings. The van der Waals surface area contributed by atoms with E-state index in [2.05, 4.69) is 16.5 Å². The van der Waals surface area contributed by atoms with Gasteiger partial charge in [0.1, 0.15) is 0 Å². The van der Waals surface area contributed by atoms with Crippen LogP contribution in [0.4, 0.5) is 0 Å². The minimum absolute atomic E-state index is 0.105. The van der Waals surface area contributed by atoms with Gasteiger partial charge in [0.15, 0.2) is 0 Å². The van der Waals surface area contributed by atoms with Crippen LogP contribution in [0, 0.1) is 0 Å². The largest absolute Gasteiger partial charge is 0.325 e. The first-order valence-electron chi connectivity index (χ1n) is 6.34. The van der Waals surface area contributed by atoms with Crippen molar-refractivity contribution in [3.63, 3.8) is 0 Å². The van der Waals surface area contributed by atoms with Crippen molar-refractivity contribution in [2.75, 3.05) is 12.9 Å². The van der Waals surface area contributed by atoms with Crippen molar-refractivity contribution in [2.24, 2.45) is 0 Å². The van der Waals surface area contributed by atoms with Gasteiger partial charge in [0, 0.05) is 11.3 Å². The molecule has 1 spiro atoms. The summed E-state index contributed by atoms with van der Waals surface area (Å²) >= 11 is 1.97. The first kappa shape index (κ1) is 10.9. The molecule has 3 nitrogen and oxygen atoms in total. The Hall–Kier alpha value is -0.220. The normalized spacial score (nSPS) is 37.1. The lowest BCUT2D eigenvalue weighted by molar-refractivity contribution is -0.132. The van der Waals surface area contributed by atoms with E-state index < -0.39 is 0 Å². The molecule has 1 amide bonds. The van der Waals surface area contributed by atoms with Gasteiger partial charge < -0.3 is 4.90 Å². The van der Waals surface area contributed by atoms with E-state index in [0.29, 0.717) is 11.9 Å². The zero-order valence-electron chi connectivity index (χ0n) is 9.87.